The molecule has 2 aromatic rings. The van der Waals surface area contributed by atoms with Crippen LogP contribution in [0.1, 0.15) is 38.0 Å². The van der Waals surface area contributed by atoms with Gasteiger partial charge in [-0.25, -0.2) is 4.79 Å². The molecular formula is C18H20O6S. The summed E-state index contributed by atoms with van der Waals surface area (Å²) in [6.45, 7) is 6.21. The second kappa shape index (κ2) is 6.85. The lowest BCUT2D eigenvalue weighted by atomic mass is 9.87. The van der Waals surface area contributed by atoms with Crippen LogP contribution in [0.25, 0.3) is 0 Å². The van der Waals surface area contributed by atoms with Gasteiger partial charge in [-0.2, -0.15) is 8.42 Å². The summed E-state index contributed by atoms with van der Waals surface area (Å²) in [6.07, 6.45) is -1.30. The van der Waals surface area contributed by atoms with Crippen molar-refractivity contribution in [1.29, 1.82) is 0 Å². The molecule has 7 heteroatoms. The Kier molecular flexibility index (Phi) is 5.20. The predicted molar refractivity (Wildman–Crippen MR) is 92.4 cm³/mol. The van der Waals surface area contributed by atoms with Crippen LogP contribution in [-0.4, -0.2) is 24.0 Å². The Morgan fingerprint density at radius 2 is 1.52 bits per heavy atom. The van der Waals surface area contributed by atoms with Gasteiger partial charge in [0.2, 0.25) is 6.10 Å². The fraction of sp³-hybridized carbons (Fsp3) is 0.278. The van der Waals surface area contributed by atoms with Crippen molar-refractivity contribution in [2.24, 2.45) is 0 Å². The molecule has 2 rings (SSSR count). The lowest BCUT2D eigenvalue weighted by Gasteiger charge is -2.20. The molecule has 2 N–H and O–H groups in total. The smallest absolute Gasteiger partial charge is 0.349 e. The Hall–Kier alpha value is -2.38. The highest BCUT2D eigenvalue weighted by Gasteiger charge is 2.23. The number of rotatable bonds is 5. The average molecular weight is 364 g/mol. The van der Waals surface area contributed by atoms with Gasteiger partial charge in [-0.05, 0) is 35.2 Å². The van der Waals surface area contributed by atoms with E-state index in [9.17, 15) is 18.3 Å². The van der Waals surface area contributed by atoms with E-state index in [1.807, 2.05) is 12.1 Å². The molecule has 0 radical (unpaired) electrons. The highest BCUT2D eigenvalue weighted by molar-refractivity contribution is 7.85. The van der Waals surface area contributed by atoms with Crippen molar-refractivity contribution >= 4 is 16.1 Å². The van der Waals surface area contributed by atoms with Gasteiger partial charge >= 0.3 is 5.97 Å². The fourth-order valence-corrected chi connectivity index (χ4v) is 2.73. The first-order valence-electron chi connectivity index (χ1n) is 7.56. The first-order chi connectivity index (χ1) is 11.5. The number of aliphatic carboxylic acids is 1. The second-order valence-electron chi connectivity index (χ2n) is 6.65. The van der Waals surface area contributed by atoms with Gasteiger partial charge in [0.05, 0.1) is 4.90 Å². The molecule has 25 heavy (non-hydrogen) atoms. The molecule has 0 fully saturated rings. The molecule has 0 aliphatic rings. The summed E-state index contributed by atoms with van der Waals surface area (Å²) in [7, 11) is -4.33. The molecule has 6 nitrogen and oxygen atoms in total. The third-order valence-corrected chi connectivity index (χ3v) is 4.55. The lowest BCUT2D eigenvalue weighted by molar-refractivity contribution is -0.145. The summed E-state index contributed by atoms with van der Waals surface area (Å²) in [4.78, 5) is 11.2. The molecule has 0 spiro atoms. The normalized spacial score (nSPS) is 13.3. The fourth-order valence-electron chi connectivity index (χ4n) is 2.25. The average Bonchev–Trinajstić information content (AvgIpc) is 2.51. The highest BCUT2D eigenvalue weighted by Crippen LogP contribution is 2.27. The number of carbonyl (C=O) groups is 1. The standard InChI is InChI=1S/C18H20O6S/c1-18(2,3)13-6-8-14(9-7-13)24-16(17(19)20)12-4-10-15(11-5-12)25(21,22)23/h4-11,16H,1-3H3,(H,19,20)(H,21,22,23). The Morgan fingerprint density at radius 1 is 1.00 bits per heavy atom. The summed E-state index contributed by atoms with van der Waals surface area (Å²) in [5, 5.41) is 9.41. The lowest BCUT2D eigenvalue weighted by Crippen LogP contribution is -2.18. The van der Waals surface area contributed by atoms with Crippen LogP contribution < -0.4 is 4.74 Å². The van der Waals surface area contributed by atoms with E-state index < -0.39 is 22.2 Å². The topological polar surface area (TPSA) is 101 Å². The maximum Gasteiger partial charge on any atom is 0.349 e. The van der Waals surface area contributed by atoms with Crippen molar-refractivity contribution in [1.82, 2.24) is 0 Å². The number of hydrogen-bond acceptors (Lipinski definition) is 4. The Balaban J connectivity index is 2.26. The minimum Gasteiger partial charge on any atom is -0.478 e. The zero-order valence-electron chi connectivity index (χ0n) is 14.1. The summed E-state index contributed by atoms with van der Waals surface area (Å²) in [5.74, 6) is -0.821. The number of benzene rings is 2. The van der Waals surface area contributed by atoms with Crippen LogP contribution in [0.4, 0.5) is 0 Å². The van der Waals surface area contributed by atoms with Crippen molar-refractivity contribution in [2.45, 2.75) is 37.2 Å². The zero-order valence-corrected chi connectivity index (χ0v) is 14.9. The van der Waals surface area contributed by atoms with Gasteiger partial charge in [-0.3, -0.25) is 4.55 Å². The van der Waals surface area contributed by atoms with Crippen molar-refractivity contribution in [3.63, 3.8) is 0 Å². The molecule has 0 amide bonds. The van der Waals surface area contributed by atoms with E-state index in [1.54, 1.807) is 12.1 Å². The maximum absolute atomic E-state index is 11.5. The van der Waals surface area contributed by atoms with Gasteiger partial charge in [0.15, 0.2) is 0 Å². The van der Waals surface area contributed by atoms with Crippen LogP contribution in [-0.2, 0) is 20.3 Å². The van der Waals surface area contributed by atoms with Gasteiger partial charge < -0.3 is 9.84 Å². The maximum atomic E-state index is 11.5. The van der Waals surface area contributed by atoms with Gasteiger partial charge in [0.25, 0.3) is 10.1 Å². The third-order valence-electron chi connectivity index (χ3n) is 3.68. The molecule has 1 atom stereocenters. The molecule has 2 aromatic carbocycles. The van der Waals surface area contributed by atoms with E-state index in [2.05, 4.69) is 20.8 Å². The summed E-state index contributed by atoms with van der Waals surface area (Å²) >= 11 is 0. The van der Waals surface area contributed by atoms with E-state index in [0.29, 0.717) is 5.75 Å². The molecule has 0 aliphatic heterocycles. The van der Waals surface area contributed by atoms with E-state index >= 15 is 0 Å². The van der Waals surface area contributed by atoms with Crippen molar-refractivity contribution < 1.29 is 27.6 Å². The number of carboxylic acid groups (broad SMARTS) is 1. The third kappa shape index (κ3) is 4.80. The highest BCUT2D eigenvalue weighted by atomic mass is 32.2. The molecule has 0 aliphatic carbocycles. The minimum atomic E-state index is -4.33. The van der Waals surface area contributed by atoms with E-state index in [4.69, 9.17) is 9.29 Å². The molecule has 0 aromatic heterocycles. The monoisotopic (exact) mass is 364 g/mol. The second-order valence-corrected chi connectivity index (χ2v) is 8.08. The van der Waals surface area contributed by atoms with E-state index in [-0.39, 0.29) is 15.9 Å². The first-order valence-corrected chi connectivity index (χ1v) is 9.00. The first kappa shape index (κ1) is 19.0. The Labute approximate surface area is 146 Å². The van der Waals surface area contributed by atoms with E-state index in [0.717, 1.165) is 17.7 Å². The molecule has 0 saturated carbocycles. The van der Waals surface area contributed by atoms with Gasteiger partial charge in [-0.15, -0.1) is 0 Å². The number of hydrogen-bond donors (Lipinski definition) is 2. The molecular weight excluding hydrogens is 344 g/mol. The number of ether oxygens (including phenoxy) is 1. The SMILES string of the molecule is CC(C)(C)c1ccc(OC(C(=O)O)c2ccc(S(=O)(=O)O)cc2)cc1. The summed E-state index contributed by atoms with van der Waals surface area (Å²) in [6, 6.07) is 12.0. The van der Waals surface area contributed by atoms with Crippen LogP contribution in [0.15, 0.2) is 53.4 Å². The number of carboxylic acids is 1. The molecule has 1 unspecified atom stereocenters. The van der Waals surface area contributed by atoms with Crippen LogP contribution in [0, 0.1) is 0 Å². The Bertz CT molecular complexity index is 846. The summed E-state index contributed by atoms with van der Waals surface area (Å²) in [5.41, 5.74) is 1.32. The predicted octanol–water partition coefficient (Wildman–Crippen LogP) is 3.44. The van der Waals surface area contributed by atoms with Gasteiger partial charge in [-0.1, -0.05) is 45.0 Å². The van der Waals surface area contributed by atoms with Crippen molar-refractivity contribution in [3.8, 4) is 5.75 Å². The molecule has 134 valence electrons. The minimum absolute atomic E-state index is 0.0314. The van der Waals surface area contributed by atoms with E-state index in [1.165, 1.54) is 12.1 Å². The van der Waals surface area contributed by atoms with Crippen LogP contribution >= 0.6 is 0 Å². The Morgan fingerprint density at radius 3 is 1.92 bits per heavy atom. The molecule has 0 heterocycles. The van der Waals surface area contributed by atoms with Crippen LogP contribution in [0.2, 0.25) is 0 Å². The van der Waals surface area contributed by atoms with Crippen LogP contribution in [0.5, 0.6) is 5.75 Å². The summed E-state index contributed by atoms with van der Waals surface area (Å²) < 4.78 is 36.6. The quantitative estimate of drug-likeness (QED) is 0.788. The van der Waals surface area contributed by atoms with Gasteiger partial charge in [0, 0.05) is 5.56 Å². The van der Waals surface area contributed by atoms with Crippen molar-refractivity contribution in [3.05, 3.63) is 59.7 Å². The zero-order chi connectivity index (χ0) is 18.8. The van der Waals surface area contributed by atoms with Crippen LogP contribution in [0.3, 0.4) is 0 Å². The largest absolute Gasteiger partial charge is 0.478 e. The molecule has 0 saturated heterocycles. The van der Waals surface area contributed by atoms with Gasteiger partial charge in [0.1, 0.15) is 5.75 Å². The molecule has 0 bridgehead atoms. The van der Waals surface area contributed by atoms with Crippen molar-refractivity contribution in [2.75, 3.05) is 0 Å².